The van der Waals surface area contributed by atoms with E-state index in [2.05, 4.69) is 24.0 Å². The van der Waals surface area contributed by atoms with Gasteiger partial charge < -0.3 is 10.1 Å². The van der Waals surface area contributed by atoms with Gasteiger partial charge in [0.25, 0.3) is 0 Å². The van der Waals surface area contributed by atoms with Gasteiger partial charge in [0, 0.05) is 18.7 Å². The van der Waals surface area contributed by atoms with Gasteiger partial charge in [0.1, 0.15) is 6.61 Å². The summed E-state index contributed by atoms with van der Waals surface area (Å²) in [6.45, 7) is 4.55. The first kappa shape index (κ1) is 12.4. The molecule has 3 unspecified atom stereocenters. The standard InChI is InChI=1S/C14H21NO2/c1-2-14(16)17-9-8-15-13-7-6-11-4-3-5-12(11)10-13/h2-4,11-13,15H,1,5-10H2. The monoisotopic (exact) mass is 235 g/mol. The molecule has 0 aromatic carbocycles. The maximum atomic E-state index is 10.8. The van der Waals surface area contributed by atoms with E-state index in [9.17, 15) is 4.79 Å². The third kappa shape index (κ3) is 3.43. The lowest BCUT2D eigenvalue weighted by Crippen LogP contribution is -2.38. The zero-order chi connectivity index (χ0) is 12.1. The van der Waals surface area contributed by atoms with Crippen molar-refractivity contribution < 1.29 is 9.53 Å². The normalized spacial score (nSPS) is 30.9. The van der Waals surface area contributed by atoms with Crippen LogP contribution in [0.4, 0.5) is 0 Å². The molecule has 0 spiro atoms. The van der Waals surface area contributed by atoms with Gasteiger partial charge in [0.15, 0.2) is 0 Å². The van der Waals surface area contributed by atoms with Crippen LogP contribution in [0.3, 0.4) is 0 Å². The van der Waals surface area contributed by atoms with E-state index in [1.807, 2.05) is 0 Å². The first-order valence-corrected chi connectivity index (χ1v) is 6.49. The van der Waals surface area contributed by atoms with E-state index < -0.39 is 0 Å². The molecular weight excluding hydrogens is 214 g/mol. The fourth-order valence-corrected chi connectivity index (χ4v) is 2.90. The van der Waals surface area contributed by atoms with Crippen LogP contribution in [-0.4, -0.2) is 25.2 Å². The van der Waals surface area contributed by atoms with Crippen molar-refractivity contribution in [2.24, 2.45) is 11.8 Å². The number of carbonyl (C=O) groups is 1. The fourth-order valence-electron chi connectivity index (χ4n) is 2.90. The third-order valence-electron chi connectivity index (χ3n) is 3.81. The van der Waals surface area contributed by atoms with Crippen LogP contribution in [0.25, 0.3) is 0 Å². The molecule has 3 nitrogen and oxygen atoms in total. The van der Waals surface area contributed by atoms with Crippen molar-refractivity contribution in [1.82, 2.24) is 5.32 Å². The number of allylic oxidation sites excluding steroid dienone is 2. The molecule has 0 aromatic heterocycles. The maximum absolute atomic E-state index is 10.8. The number of ether oxygens (including phenoxy) is 1. The van der Waals surface area contributed by atoms with Gasteiger partial charge in [-0.25, -0.2) is 4.79 Å². The first-order valence-electron chi connectivity index (χ1n) is 6.49. The maximum Gasteiger partial charge on any atom is 0.330 e. The molecule has 17 heavy (non-hydrogen) atoms. The number of fused-ring (bicyclic) bond motifs is 1. The van der Waals surface area contributed by atoms with Crippen molar-refractivity contribution in [1.29, 1.82) is 0 Å². The second-order valence-corrected chi connectivity index (χ2v) is 4.92. The summed E-state index contributed by atoms with van der Waals surface area (Å²) >= 11 is 0. The van der Waals surface area contributed by atoms with Gasteiger partial charge in [0.05, 0.1) is 0 Å². The van der Waals surface area contributed by atoms with Gasteiger partial charge in [-0.05, 0) is 37.5 Å². The molecule has 1 fully saturated rings. The van der Waals surface area contributed by atoms with E-state index in [0.717, 1.165) is 18.4 Å². The van der Waals surface area contributed by atoms with Gasteiger partial charge in [-0.3, -0.25) is 0 Å². The molecule has 3 heteroatoms. The van der Waals surface area contributed by atoms with Crippen LogP contribution in [0.15, 0.2) is 24.8 Å². The van der Waals surface area contributed by atoms with Crippen LogP contribution in [0.5, 0.6) is 0 Å². The number of hydrogen-bond acceptors (Lipinski definition) is 3. The average Bonchev–Trinajstić information content (AvgIpc) is 2.81. The van der Waals surface area contributed by atoms with Crippen LogP contribution >= 0.6 is 0 Å². The Morgan fingerprint density at radius 3 is 3.24 bits per heavy atom. The molecule has 0 amide bonds. The molecule has 0 bridgehead atoms. The molecule has 1 N–H and O–H groups in total. The van der Waals surface area contributed by atoms with Gasteiger partial charge in [0.2, 0.25) is 0 Å². The van der Waals surface area contributed by atoms with Crippen LogP contribution < -0.4 is 5.32 Å². The smallest absolute Gasteiger partial charge is 0.330 e. The highest BCUT2D eigenvalue weighted by Gasteiger charge is 2.30. The SMILES string of the molecule is C=CC(=O)OCCNC1CCC2C=CCC2C1. The van der Waals surface area contributed by atoms with Crippen LogP contribution in [0.2, 0.25) is 0 Å². The summed E-state index contributed by atoms with van der Waals surface area (Å²) < 4.78 is 4.94. The number of hydrogen-bond donors (Lipinski definition) is 1. The van der Waals surface area contributed by atoms with Crippen molar-refractivity contribution in [3.8, 4) is 0 Å². The van der Waals surface area contributed by atoms with Crippen molar-refractivity contribution in [2.75, 3.05) is 13.2 Å². The second kappa shape index (κ2) is 6.01. The lowest BCUT2D eigenvalue weighted by molar-refractivity contribution is -0.137. The van der Waals surface area contributed by atoms with E-state index >= 15 is 0 Å². The Kier molecular flexibility index (Phi) is 4.37. The minimum Gasteiger partial charge on any atom is -0.461 e. The summed E-state index contributed by atoms with van der Waals surface area (Å²) in [5.74, 6) is 1.33. The van der Waals surface area contributed by atoms with Crippen molar-refractivity contribution in [2.45, 2.75) is 31.7 Å². The Morgan fingerprint density at radius 2 is 2.41 bits per heavy atom. The molecule has 0 aliphatic heterocycles. The van der Waals surface area contributed by atoms with E-state index in [1.165, 1.54) is 31.8 Å². The van der Waals surface area contributed by atoms with E-state index in [1.54, 1.807) is 0 Å². The van der Waals surface area contributed by atoms with E-state index in [-0.39, 0.29) is 5.97 Å². The largest absolute Gasteiger partial charge is 0.461 e. The minimum absolute atomic E-state index is 0.337. The van der Waals surface area contributed by atoms with E-state index in [4.69, 9.17) is 4.74 Å². The summed E-state index contributed by atoms with van der Waals surface area (Å²) in [4.78, 5) is 10.8. The molecule has 0 saturated heterocycles. The zero-order valence-electron chi connectivity index (χ0n) is 10.2. The molecule has 3 atom stereocenters. The number of carbonyl (C=O) groups excluding carboxylic acids is 1. The quantitative estimate of drug-likeness (QED) is 0.343. The van der Waals surface area contributed by atoms with Crippen LogP contribution in [-0.2, 0) is 9.53 Å². The second-order valence-electron chi connectivity index (χ2n) is 4.92. The Balaban J connectivity index is 1.61. The minimum atomic E-state index is -0.337. The molecular formula is C14H21NO2. The van der Waals surface area contributed by atoms with Crippen LogP contribution in [0.1, 0.15) is 25.7 Å². The molecule has 1 saturated carbocycles. The summed E-state index contributed by atoms with van der Waals surface area (Å²) in [7, 11) is 0. The van der Waals surface area contributed by atoms with E-state index in [0.29, 0.717) is 12.6 Å². The summed E-state index contributed by atoms with van der Waals surface area (Å²) in [6, 6.07) is 0.596. The highest BCUT2D eigenvalue weighted by Crippen LogP contribution is 2.37. The van der Waals surface area contributed by atoms with Crippen molar-refractivity contribution in [3.05, 3.63) is 24.8 Å². The molecule has 2 aliphatic rings. The number of nitrogens with one attached hydrogen (secondary N) is 1. The Morgan fingerprint density at radius 1 is 1.53 bits per heavy atom. The molecule has 0 aromatic rings. The summed E-state index contributed by atoms with van der Waals surface area (Å²) in [5.41, 5.74) is 0. The van der Waals surface area contributed by atoms with Gasteiger partial charge in [-0.1, -0.05) is 18.7 Å². The summed E-state index contributed by atoms with van der Waals surface area (Å²) in [5, 5.41) is 3.47. The predicted octanol–water partition coefficient (Wildman–Crippen LogP) is 2.05. The van der Waals surface area contributed by atoms with Gasteiger partial charge in [-0.15, -0.1) is 0 Å². The molecule has 0 radical (unpaired) electrons. The Hall–Kier alpha value is -1.09. The Labute approximate surface area is 103 Å². The zero-order valence-corrected chi connectivity index (χ0v) is 10.2. The highest BCUT2D eigenvalue weighted by molar-refractivity contribution is 5.81. The molecule has 94 valence electrons. The lowest BCUT2D eigenvalue weighted by atomic mass is 9.79. The third-order valence-corrected chi connectivity index (χ3v) is 3.81. The van der Waals surface area contributed by atoms with Gasteiger partial charge in [-0.2, -0.15) is 0 Å². The fraction of sp³-hybridized carbons (Fsp3) is 0.643. The van der Waals surface area contributed by atoms with Crippen molar-refractivity contribution >= 4 is 5.97 Å². The van der Waals surface area contributed by atoms with Gasteiger partial charge >= 0.3 is 5.97 Å². The molecule has 2 aliphatic carbocycles. The highest BCUT2D eigenvalue weighted by atomic mass is 16.5. The predicted molar refractivity (Wildman–Crippen MR) is 67.5 cm³/mol. The average molecular weight is 235 g/mol. The Bertz CT molecular complexity index is 311. The summed E-state index contributed by atoms with van der Waals surface area (Å²) in [6.07, 6.45) is 10.9. The topological polar surface area (TPSA) is 38.3 Å². The molecule has 2 rings (SSSR count). The molecule has 0 heterocycles. The van der Waals surface area contributed by atoms with Crippen LogP contribution in [0, 0.1) is 11.8 Å². The number of esters is 1. The lowest BCUT2D eigenvalue weighted by Gasteiger charge is -2.32. The number of rotatable bonds is 5. The van der Waals surface area contributed by atoms with Crippen molar-refractivity contribution in [3.63, 3.8) is 0 Å². The first-order chi connectivity index (χ1) is 8.29.